The summed E-state index contributed by atoms with van der Waals surface area (Å²) in [5.74, 6) is -0.486. The number of carbonyl (C=O) groups excluding carboxylic acids is 2. The molecule has 1 aromatic carbocycles. The van der Waals surface area contributed by atoms with E-state index >= 15 is 0 Å². The second-order valence-corrected chi connectivity index (χ2v) is 8.82. The van der Waals surface area contributed by atoms with Gasteiger partial charge in [-0.25, -0.2) is 4.68 Å². The van der Waals surface area contributed by atoms with Crippen LogP contribution in [0, 0.1) is 0 Å². The van der Waals surface area contributed by atoms with Crippen LogP contribution in [0.25, 0.3) is 10.3 Å². The summed E-state index contributed by atoms with van der Waals surface area (Å²) < 4.78 is 2.38. The zero-order valence-corrected chi connectivity index (χ0v) is 18.0. The highest BCUT2D eigenvalue weighted by Crippen LogP contribution is 2.33. The number of aromatic nitrogens is 3. The Morgan fingerprint density at radius 2 is 2.04 bits per heavy atom. The molecule has 1 N–H and O–H groups in total. The first kappa shape index (κ1) is 20.3. The number of hydrogen-bond acceptors (Lipinski definition) is 5. The van der Waals surface area contributed by atoms with Crippen molar-refractivity contribution in [3.63, 3.8) is 0 Å². The fraction of sp³-hybridized carbons (Fsp3) is 0.368. The molecule has 0 fully saturated rings. The summed E-state index contributed by atoms with van der Waals surface area (Å²) in [5.41, 5.74) is 0.983. The highest BCUT2D eigenvalue weighted by Gasteiger charge is 2.28. The van der Waals surface area contributed by atoms with Crippen LogP contribution >= 0.6 is 22.9 Å². The predicted octanol–water partition coefficient (Wildman–Crippen LogP) is 4.25. The van der Waals surface area contributed by atoms with Crippen molar-refractivity contribution in [3.8, 4) is 0 Å². The van der Waals surface area contributed by atoms with Crippen molar-refractivity contribution >= 4 is 50.2 Å². The third kappa shape index (κ3) is 3.88. The number of nitrogens with zero attached hydrogens (tertiary/aromatic N) is 4. The summed E-state index contributed by atoms with van der Waals surface area (Å²) in [7, 11) is 1.73. The van der Waals surface area contributed by atoms with Gasteiger partial charge in [0.25, 0.3) is 11.8 Å². The molecule has 0 radical (unpaired) electrons. The van der Waals surface area contributed by atoms with Gasteiger partial charge in [0.15, 0.2) is 16.5 Å². The number of benzene rings is 1. The van der Waals surface area contributed by atoms with Gasteiger partial charge in [0.2, 0.25) is 0 Å². The van der Waals surface area contributed by atoms with Gasteiger partial charge >= 0.3 is 0 Å². The second-order valence-electron chi connectivity index (χ2n) is 7.39. The number of halogens is 1. The minimum absolute atomic E-state index is 0.174. The van der Waals surface area contributed by atoms with Crippen LogP contribution < -0.4 is 5.32 Å². The number of hydrogen-bond donors (Lipinski definition) is 1. The van der Waals surface area contributed by atoms with Gasteiger partial charge in [0, 0.05) is 24.2 Å². The predicted molar refractivity (Wildman–Crippen MR) is 112 cm³/mol. The molecular formula is C19H22ClN5O2S. The van der Waals surface area contributed by atoms with Crippen LogP contribution in [0.5, 0.6) is 0 Å². The SMILES string of the molecule is CCN(C)C(=O)c1nn(C(C)(C)C)c2nc(NC(=O)c3cccc(Cl)c3)sc12. The Morgan fingerprint density at radius 1 is 1.32 bits per heavy atom. The molecule has 0 aliphatic heterocycles. The van der Waals surface area contributed by atoms with E-state index in [1.165, 1.54) is 11.3 Å². The molecule has 3 aromatic rings. The van der Waals surface area contributed by atoms with Crippen LogP contribution in [0.3, 0.4) is 0 Å². The third-order valence-electron chi connectivity index (χ3n) is 4.19. The van der Waals surface area contributed by atoms with Gasteiger partial charge in [-0.15, -0.1) is 0 Å². The average Bonchev–Trinajstić information content (AvgIpc) is 3.18. The molecule has 0 unspecified atom stereocenters. The summed E-state index contributed by atoms with van der Waals surface area (Å²) in [5, 5.41) is 8.20. The first-order chi connectivity index (χ1) is 13.1. The first-order valence-corrected chi connectivity index (χ1v) is 10.0. The van der Waals surface area contributed by atoms with Crippen LogP contribution in [0.15, 0.2) is 24.3 Å². The lowest BCUT2D eigenvalue weighted by molar-refractivity contribution is 0.0796. The van der Waals surface area contributed by atoms with E-state index in [0.717, 1.165) is 0 Å². The van der Waals surface area contributed by atoms with E-state index in [4.69, 9.17) is 11.6 Å². The Bertz CT molecular complexity index is 1050. The minimum Gasteiger partial charge on any atom is -0.341 e. The first-order valence-electron chi connectivity index (χ1n) is 8.84. The van der Waals surface area contributed by atoms with Gasteiger partial charge < -0.3 is 4.90 Å². The van der Waals surface area contributed by atoms with E-state index < -0.39 is 0 Å². The maximum Gasteiger partial charge on any atom is 0.275 e. The van der Waals surface area contributed by atoms with Crippen molar-refractivity contribution in [1.29, 1.82) is 0 Å². The van der Waals surface area contributed by atoms with Crippen LogP contribution in [0.1, 0.15) is 48.5 Å². The number of nitrogens with one attached hydrogen (secondary N) is 1. The van der Waals surface area contributed by atoms with Crippen LogP contribution in [-0.4, -0.2) is 45.1 Å². The molecule has 2 amide bonds. The third-order valence-corrected chi connectivity index (χ3v) is 5.39. The van der Waals surface area contributed by atoms with Crippen molar-refractivity contribution in [2.75, 3.05) is 18.9 Å². The van der Waals surface area contributed by atoms with Crippen molar-refractivity contribution < 1.29 is 9.59 Å². The largest absolute Gasteiger partial charge is 0.341 e. The van der Waals surface area contributed by atoms with Gasteiger partial charge in [0.1, 0.15) is 4.70 Å². The standard InChI is InChI=1S/C19H22ClN5O2S/c1-6-24(5)17(27)13-14-15(25(23-13)19(2,3)4)21-18(28-14)22-16(26)11-8-7-9-12(20)10-11/h7-10H,6H2,1-5H3,(H,21,22,26). The molecule has 0 aliphatic carbocycles. The summed E-state index contributed by atoms with van der Waals surface area (Å²) in [6.07, 6.45) is 0. The zero-order valence-electron chi connectivity index (χ0n) is 16.4. The van der Waals surface area contributed by atoms with Crippen LogP contribution in [-0.2, 0) is 5.54 Å². The minimum atomic E-state index is -0.371. The Labute approximate surface area is 172 Å². The maximum atomic E-state index is 12.7. The number of anilines is 1. The quantitative estimate of drug-likeness (QED) is 0.685. The highest BCUT2D eigenvalue weighted by molar-refractivity contribution is 7.22. The molecule has 0 atom stereocenters. The fourth-order valence-corrected chi connectivity index (χ4v) is 3.69. The van der Waals surface area contributed by atoms with Gasteiger partial charge in [-0.3, -0.25) is 14.9 Å². The van der Waals surface area contributed by atoms with Gasteiger partial charge in [-0.05, 0) is 45.9 Å². The zero-order chi connectivity index (χ0) is 20.6. The lowest BCUT2D eigenvalue weighted by Gasteiger charge is -2.19. The van der Waals surface area contributed by atoms with E-state index in [0.29, 0.717) is 38.3 Å². The van der Waals surface area contributed by atoms with Crippen molar-refractivity contribution in [2.45, 2.75) is 33.2 Å². The van der Waals surface area contributed by atoms with Crippen molar-refractivity contribution in [3.05, 3.63) is 40.5 Å². The number of rotatable bonds is 4. The van der Waals surface area contributed by atoms with Gasteiger partial charge in [0.05, 0.1) is 5.54 Å². The maximum absolute atomic E-state index is 12.7. The molecule has 7 nitrogen and oxygen atoms in total. The second kappa shape index (κ2) is 7.52. The Balaban J connectivity index is 2.03. The van der Waals surface area contributed by atoms with E-state index in [9.17, 15) is 9.59 Å². The molecule has 0 saturated heterocycles. The molecule has 0 spiro atoms. The fourth-order valence-electron chi connectivity index (χ4n) is 2.59. The molecular weight excluding hydrogens is 398 g/mol. The summed E-state index contributed by atoms with van der Waals surface area (Å²) in [6.45, 7) is 8.43. The average molecular weight is 420 g/mol. The van der Waals surface area contributed by atoms with Crippen LogP contribution in [0.4, 0.5) is 5.13 Å². The molecule has 148 valence electrons. The van der Waals surface area contributed by atoms with E-state index in [1.54, 1.807) is 40.9 Å². The number of thiazole rings is 1. The smallest absolute Gasteiger partial charge is 0.275 e. The van der Waals surface area contributed by atoms with Crippen molar-refractivity contribution in [1.82, 2.24) is 19.7 Å². The molecule has 2 aromatic heterocycles. The highest BCUT2D eigenvalue weighted by atomic mass is 35.5. The van der Waals surface area contributed by atoms with E-state index in [2.05, 4.69) is 15.4 Å². The lowest BCUT2D eigenvalue weighted by atomic mass is 10.1. The molecule has 0 aliphatic rings. The number of carbonyl (C=O) groups is 2. The van der Waals surface area contributed by atoms with Gasteiger partial charge in [-0.1, -0.05) is 29.0 Å². The lowest BCUT2D eigenvalue weighted by Crippen LogP contribution is -2.28. The normalized spacial score (nSPS) is 11.6. The Hall–Kier alpha value is -2.45. The summed E-state index contributed by atoms with van der Waals surface area (Å²) >= 11 is 7.20. The molecule has 3 rings (SSSR count). The molecule has 0 bridgehead atoms. The van der Waals surface area contributed by atoms with Gasteiger partial charge in [-0.2, -0.15) is 10.1 Å². The molecule has 0 saturated carbocycles. The monoisotopic (exact) mass is 419 g/mol. The summed E-state index contributed by atoms with van der Waals surface area (Å²) in [4.78, 5) is 31.4. The topological polar surface area (TPSA) is 80.1 Å². The van der Waals surface area contributed by atoms with Crippen LogP contribution in [0.2, 0.25) is 5.02 Å². The van der Waals surface area contributed by atoms with E-state index in [-0.39, 0.29) is 17.4 Å². The van der Waals surface area contributed by atoms with Crippen molar-refractivity contribution in [2.24, 2.45) is 0 Å². The molecule has 2 heterocycles. The van der Waals surface area contributed by atoms with E-state index in [1.807, 2.05) is 27.7 Å². The Kier molecular flexibility index (Phi) is 5.45. The number of fused-ring (bicyclic) bond motifs is 1. The molecule has 9 heteroatoms. The number of amides is 2. The Morgan fingerprint density at radius 3 is 2.64 bits per heavy atom. The summed E-state index contributed by atoms with van der Waals surface area (Å²) in [6, 6.07) is 6.68. The molecule has 28 heavy (non-hydrogen) atoms.